The molecule has 3 nitrogen and oxygen atoms in total. The smallest absolute Gasteiger partial charge is 0.0577 e. The first-order chi connectivity index (χ1) is 6.47. The summed E-state index contributed by atoms with van der Waals surface area (Å²) in [6, 6.07) is 3.67. The second-order valence-corrected chi connectivity index (χ2v) is 4.38. The van der Waals surface area contributed by atoms with Crippen molar-refractivity contribution in [2.45, 2.75) is 26.8 Å². The molecule has 0 amide bonds. The molecule has 78 valence electrons. The van der Waals surface area contributed by atoms with Crippen molar-refractivity contribution in [1.29, 1.82) is 0 Å². The van der Waals surface area contributed by atoms with E-state index in [0.29, 0.717) is 0 Å². The van der Waals surface area contributed by atoms with Crippen LogP contribution in [0.5, 0.6) is 0 Å². The van der Waals surface area contributed by atoms with Crippen LogP contribution in [-0.2, 0) is 0 Å². The Kier molecular flexibility index (Phi) is 3.24. The standard InChI is InChI=1S/C11H18N2O/c1-8-4-5-9(13-6-8)10(12)11(2,3)7-14/h4-6,10,14H,7,12H2,1-3H3/t10-/m1/s1. The summed E-state index contributed by atoms with van der Waals surface area (Å²) in [6.07, 6.45) is 1.79. The quantitative estimate of drug-likeness (QED) is 0.764. The van der Waals surface area contributed by atoms with Gasteiger partial charge in [0.05, 0.1) is 18.3 Å². The molecule has 3 N–H and O–H groups in total. The number of rotatable bonds is 3. The van der Waals surface area contributed by atoms with Gasteiger partial charge in [0, 0.05) is 11.6 Å². The van der Waals surface area contributed by atoms with E-state index in [0.717, 1.165) is 11.3 Å². The van der Waals surface area contributed by atoms with Crippen LogP contribution in [0.2, 0.25) is 0 Å². The fourth-order valence-corrected chi connectivity index (χ4v) is 1.16. The maximum atomic E-state index is 9.17. The average Bonchev–Trinajstić information content (AvgIpc) is 2.18. The zero-order chi connectivity index (χ0) is 10.8. The first-order valence-corrected chi connectivity index (χ1v) is 4.76. The molecule has 0 aliphatic rings. The number of hydrogen-bond donors (Lipinski definition) is 2. The highest BCUT2D eigenvalue weighted by Gasteiger charge is 2.27. The van der Waals surface area contributed by atoms with Gasteiger partial charge in [-0.1, -0.05) is 19.9 Å². The molecular formula is C11H18N2O. The molecule has 14 heavy (non-hydrogen) atoms. The topological polar surface area (TPSA) is 59.1 Å². The molecule has 0 unspecified atom stereocenters. The van der Waals surface area contributed by atoms with Crippen molar-refractivity contribution in [1.82, 2.24) is 4.98 Å². The van der Waals surface area contributed by atoms with Gasteiger partial charge in [-0.3, -0.25) is 4.98 Å². The van der Waals surface area contributed by atoms with Crippen molar-refractivity contribution in [2.24, 2.45) is 11.1 Å². The summed E-state index contributed by atoms with van der Waals surface area (Å²) >= 11 is 0. The van der Waals surface area contributed by atoms with Crippen molar-refractivity contribution in [3.8, 4) is 0 Å². The van der Waals surface area contributed by atoms with E-state index in [4.69, 9.17) is 5.73 Å². The van der Waals surface area contributed by atoms with E-state index >= 15 is 0 Å². The Hall–Kier alpha value is -0.930. The van der Waals surface area contributed by atoms with Gasteiger partial charge in [-0.15, -0.1) is 0 Å². The van der Waals surface area contributed by atoms with Gasteiger partial charge >= 0.3 is 0 Å². The van der Waals surface area contributed by atoms with E-state index in [-0.39, 0.29) is 18.1 Å². The lowest BCUT2D eigenvalue weighted by atomic mass is 9.84. The Bertz CT molecular complexity index is 293. The summed E-state index contributed by atoms with van der Waals surface area (Å²) in [5, 5.41) is 9.17. The molecule has 1 rings (SSSR count). The van der Waals surface area contributed by atoms with Crippen LogP contribution >= 0.6 is 0 Å². The third-order valence-corrected chi connectivity index (χ3v) is 2.50. The van der Waals surface area contributed by atoms with Crippen LogP contribution in [0.4, 0.5) is 0 Å². The third kappa shape index (κ3) is 2.30. The minimum Gasteiger partial charge on any atom is -0.396 e. The molecule has 0 saturated carbocycles. The number of nitrogens with two attached hydrogens (primary N) is 1. The Balaban J connectivity index is 2.89. The largest absolute Gasteiger partial charge is 0.396 e. The van der Waals surface area contributed by atoms with Gasteiger partial charge in [-0.2, -0.15) is 0 Å². The van der Waals surface area contributed by atoms with E-state index in [1.165, 1.54) is 0 Å². The minimum atomic E-state index is -0.331. The molecule has 1 aromatic heterocycles. The van der Waals surface area contributed by atoms with Gasteiger partial charge in [-0.05, 0) is 18.6 Å². The number of aromatic nitrogens is 1. The molecule has 0 bridgehead atoms. The highest BCUT2D eigenvalue weighted by Crippen LogP contribution is 2.29. The van der Waals surface area contributed by atoms with Gasteiger partial charge in [0.1, 0.15) is 0 Å². The van der Waals surface area contributed by atoms with Crippen molar-refractivity contribution < 1.29 is 5.11 Å². The summed E-state index contributed by atoms with van der Waals surface area (Å²) in [7, 11) is 0. The summed E-state index contributed by atoms with van der Waals surface area (Å²) in [4.78, 5) is 4.26. The lowest BCUT2D eigenvalue weighted by molar-refractivity contribution is 0.130. The van der Waals surface area contributed by atoms with Crippen LogP contribution < -0.4 is 5.73 Å². The summed E-state index contributed by atoms with van der Waals surface area (Å²) in [5.41, 5.74) is 7.62. The van der Waals surface area contributed by atoms with Gasteiger partial charge in [0.2, 0.25) is 0 Å². The fraction of sp³-hybridized carbons (Fsp3) is 0.545. The second-order valence-electron chi connectivity index (χ2n) is 4.38. The molecule has 0 saturated heterocycles. The molecule has 0 aliphatic carbocycles. The summed E-state index contributed by atoms with van der Waals surface area (Å²) in [6.45, 7) is 5.90. The van der Waals surface area contributed by atoms with E-state index < -0.39 is 0 Å². The predicted octanol–water partition coefficient (Wildman–Crippen LogP) is 1.41. The van der Waals surface area contributed by atoms with E-state index in [2.05, 4.69) is 4.98 Å². The first-order valence-electron chi connectivity index (χ1n) is 4.76. The Morgan fingerprint density at radius 1 is 1.50 bits per heavy atom. The normalized spacial score (nSPS) is 14.1. The molecule has 0 radical (unpaired) electrons. The van der Waals surface area contributed by atoms with Crippen molar-refractivity contribution in [2.75, 3.05) is 6.61 Å². The SMILES string of the molecule is Cc1ccc([C@@H](N)C(C)(C)CO)nc1. The first kappa shape index (κ1) is 11.1. The number of aliphatic hydroxyl groups excluding tert-OH is 1. The van der Waals surface area contributed by atoms with Gasteiger partial charge < -0.3 is 10.8 Å². The van der Waals surface area contributed by atoms with Crippen LogP contribution in [0, 0.1) is 12.3 Å². The summed E-state index contributed by atoms with van der Waals surface area (Å²) < 4.78 is 0. The Morgan fingerprint density at radius 2 is 2.14 bits per heavy atom. The van der Waals surface area contributed by atoms with Crippen LogP contribution in [0.25, 0.3) is 0 Å². The third-order valence-electron chi connectivity index (χ3n) is 2.50. The van der Waals surface area contributed by atoms with E-state index in [1.807, 2.05) is 32.9 Å². The lowest BCUT2D eigenvalue weighted by Gasteiger charge is -2.28. The number of pyridine rings is 1. The number of nitrogens with zero attached hydrogens (tertiary/aromatic N) is 1. The zero-order valence-electron chi connectivity index (χ0n) is 8.99. The zero-order valence-corrected chi connectivity index (χ0v) is 8.99. The monoisotopic (exact) mass is 194 g/mol. The second kappa shape index (κ2) is 4.07. The van der Waals surface area contributed by atoms with Gasteiger partial charge in [-0.25, -0.2) is 0 Å². The van der Waals surface area contributed by atoms with Gasteiger partial charge in [0.25, 0.3) is 0 Å². The lowest BCUT2D eigenvalue weighted by Crippen LogP contribution is -2.33. The van der Waals surface area contributed by atoms with Crippen molar-refractivity contribution in [3.63, 3.8) is 0 Å². The van der Waals surface area contributed by atoms with Gasteiger partial charge in [0.15, 0.2) is 0 Å². The minimum absolute atomic E-state index is 0.0592. The van der Waals surface area contributed by atoms with Crippen LogP contribution in [-0.4, -0.2) is 16.7 Å². The molecule has 1 atom stereocenters. The predicted molar refractivity (Wildman–Crippen MR) is 56.8 cm³/mol. The highest BCUT2D eigenvalue weighted by molar-refractivity contribution is 5.16. The number of aryl methyl sites for hydroxylation is 1. The molecular weight excluding hydrogens is 176 g/mol. The molecule has 1 aromatic rings. The maximum Gasteiger partial charge on any atom is 0.0577 e. The molecule has 3 heteroatoms. The Labute approximate surface area is 85.0 Å². The highest BCUT2D eigenvalue weighted by atomic mass is 16.3. The molecule has 1 heterocycles. The number of hydrogen-bond acceptors (Lipinski definition) is 3. The number of aliphatic hydroxyl groups is 1. The molecule has 0 fully saturated rings. The Morgan fingerprint density at radius 3 is 2.57 bits per heavy atom. The van der Waals surface area contributed by atoms with Crippen LogP contribution in [0.1, 0.15) is 31.1 Å². The van der Waals surface area contributed by atoms with E-state index in [1.54, 1.807) is 6.20 Å². The molecule has 0 aliphatic heterocycles. The molecule has 0 spiro atoms. The van der Waals surface area contributed by atoms with E-state index in [9.17, 15) is 5.11 Å². The van der Waals surface area contributed by atoms with Crippen LogP contribution in [0.3, 0.4) is 0 Å². The van der Waals surface area contributed by atoms with Crippen molar-refractivity contribution >= 4 is 0 Å². The summed E-state index contributed by atoms with van der Waals surface area (Å²) in [5.74, 6) is 0. The molecule has 0 aromatic carbocycles. The fourth-order valence-electron chi connectivity index (χ4n) is 1.16. The maximum absolute atomic E-state index is 9.17. The van der Waals surface area contributed by atoms with Crippen molar-refractivity contribution in [3.05, 3.63) is 29.6 Å². The van der Waals surface area contributed by atoms with Crippen LogP contribution in [0.15, 0.2) is 18.3 Å². The average molecular weight is 194 g/mol.